The molecule has 0 saturated carbocycles. The topological polar surface area (TPSA) is 98.1 Å². The minimum Gasteiger partial charge on any atom is -0.492 e. The maximum absolute atomic E-state index is 11.5. The van der Waals surface area contributed by atoms with E-state index in [1.54, 1.807) is 12.1 Å². The molecule has 0 fully saturated rings. The van der Waals surface area contributed by atoms with Crippen molar-refractivity contribution >= 4 is 17.4 Å². The highest BCUT2D eigenvalue weighted by atomic mass is 32.2. The van der Waals surface area contributed by atoms with Crippen molar-refractivity contribution in [2.45, 2.75) is 24.9 Å². The van der Waals surface area contributed by atoms with Crippen LogP contribution in [0.4, 0.5) is 5.69 Å². The van der Waals surface area contributed by atoms with Gasteiger partial charge in [-0.25, -0.2) is 4.98 Å². The average molecular weight is 335 g/mol. The minimum atomic E-state index is -0.463. The molecule has 0 amide bonds. The molecule has 0 atom stereocenters. The van der Waals surface area contributed by atoms with Gasteiger partial charge in [0.25, 0.3) is 11.2 Å². The Bertz CT molecular complexity index is 733. The quantitative estimate of drug-likeness (QED) is 0.262. The third-order valence-corrected chi connectivity index (χ3v) is 3.74. The van der Waals surface area contributed by atoms with Crippen LogP contribution in [0.25, 0.3) is 0 Å². The number of thioether (sulfide) groups is 1. The highest BCUT2D eigenvalue weighted by Crippen LogP contribution is 2.19. The number of aromatic nitrogens is 2. The molecule has 0 saturated heterocycles. The number of hydrogen-bond acceptors (Lipinski definition) is 6. The van der Waals surface area contributed by atoms with E-state index in [-0.39, 0.29) is 11.2 Å². The van der Waals surface area contributed by atoms with E-state index in [1.165, 1.54) is 30.0 Å². The summed E-state index contributed by atoms with van der Waals surface area (Å²) < 4.78 is 5.48. The molecule has 0 aliphatic carbocycles. The summed E-state index contributed by atoms with van der Waals surface area (Å²) in [5.41, 5.74) is 0.609. The lowest BCUT2D eigenvalue weighted by Gasteiger charge is -2.06. The van der Waals surface area contributed by atoms with Crippen molar-refractivity contribution < 1.29 is 9.66 Å². The zero-order valence-corrected chi connectivity index (χ0v) is 13.5. The van der Waals surface area contributed by atoms with Crippen LogP contribution in [0.2, 0.25) is 0 Å². The van der Waals surface area contributed by atoms with Crippen LogP contribution in [0.3, 0.4) is 0 Å². The van der Waals surface area contributed by atoms with Crippen LogP contribution in [-0.4, -0.2) is 27.3 Å². The summed E-state index contributed by atoms with van der Waals surface area (Å²) in [5.74, 6) is 1.02. The fraction of sp³-hybridized carbons (Fsp3) is 0.333. The maximum Gasteiger partial charge on any atom is 0.273 e. The van der Waals surface area contributed by atoms with Crippen molar-refractivity contribution in [1.82, 2.24) is 9.97 Å². The first-order valence-corrected chi connectivity index (χ1v) is 8.17. The Morgan fingerprint density at radius 1 is 1.39 bits per heavy atom. The number of nitro groups is 1. The predicted molar refractivity (Wildman–Crippen MR) is 88.2 cm³/mol. The SMILES string of the molecule is CCCc1cc(=O)[nH]c(SCCOc2cccc([N+](=O)[O-])c2)n1. The third kappa shape index (κ3) is 5.41. The van der Waals surface area contributed by atoms with Crippen LogP contribution in [0.15, 0.2) is 40.3 Å². The van der Waals surface area contributed by atoms with Crippen molar-refractivity contribution in [3.05, 3.63) is 56.5 Å². The molecule has 2 rings (SSSR count). The van der Waals surface area contributed by atoms with Crippen molar-refractivity contribution in [2.24, 2.45) is 0 Å². The van der Waals surface area contributed by atoms with Gasteiger partial charge >= 0.3 is 0 Å². The van der Waals surface area contributed by atoms with E-state index in [4.69, 9.17) is 4.74 Å². The molecule has 8 heteroatoms. The van der Waals surface area contributed by atoms with Gasteiger partial charge in [-0.05, 0) is 12.5 Å². The molecule has 0 aliphatic heterocycles. The van der Waals surface area contributed by atoms with E-state index in [2.05, 4.69) is 9.97 Å². The Hall–Kier alpha value is -2.35. The molecule has 0 unspecified atom stereocenters. The number of hydrogen-bond donors (Lipinski definition) is 1. The molecule has 1 heterocycles. The van der Waals surface area contributed by atoms with E-state index >= 15 is 0 Å². The standard InChI is InChI=1S/C15H17N3O4S/c1-2-4-11-9-14(19)17-15(16-11)23-8-7-22-13-6-3-5-12(10-13)18(20)21/h3,5-6,9-10H,2,4,7-8H2,1H3,(H,16,17,19). The van der Waals surface area contributed by atoms with Crippen LogP contribution in [0.1, 0.15) is 19.0 Å². The third-order valence-electron chi connectivity index (χ3n) is 2.90. The molecule has 0 spiro atoms. The molecule has 0 aliphatic rings. The van der Waals surface area contributed by atoms with Gasteiger partial charge in [-0.15, -0.1) is 0 Å². The molecular weight excluding hydrogens is 318 g/mol. The minimum absolute atomic E-state index is 0.00610. The summed E-state index contributed by atoms with van der Waals surface area (Å²) in [6.45, 7) is 2.39. The number of aromatic amines is 1. The predicted octanol–water partition coefficient (Wildman–Crippen LogP) is 2.80. The number of nitrogens with zero attached hydrogens (tertiary/aromatic N) is 2. The number of nitrogens with one attached hydrogen (secondary N) is 1. The lowest BCUT2D eigenvalue weighted by molar-refractivity contribution is -0.384. The molecule has 7 nitrogen and oxygen atoms in total. The van der Waals surface area contributed by atoms with Gasteiger partial charge in [0.2, 0.25) is 0 Å². The Kier molecular flexibility index (Phi) is 6.16. The fourth-order valence-electron chi connectivity index (χ4n) is 1.92. The van der Waals surface area contributed by atoms with Crippen LogP contribution in [0.5, 0.6) is 5.75 Å². The first-order chi connectivity index (χ1) is 11.1. The highest BCUT2D eigenvalue weighted by Gasteiger charge is 2.06. The second-order valence-corrected chi connectivity index (χ2v) is 5.83. The van der Waals surface area contributed by atoms with Crippen molar-refractivity contribution in [3.63, 3.8) is 0 Å². The van der Waals surface area contributed by atoms with Gasteiger partial charge in [-0.1, -0.05) is 31.2 Å². The number of rotatable bonds is 8. The lowest BCUT2D eigenvalue weighted by Crippen LogP contribution is -2.11. The van der Waals surface area contributed by atoms with Crippen LogP contribution in [0, 0.1) is 10.1 Å². The molecule has 0 bridgehead atoms. The fourth-order valence-corrected chi connectivity index (χ4v) is 2.64. The molecule has 23 heavy (non-hydrogen) atoms. The monoisotopic (exact) mass is 335 g/mol. The number of benzene rings is 1. The normalized spacial score (nSPS) is 10.5. The number of aryl methyl sites for hydroxylation is 1. The van der Waals surface area contributed by atoms with Crippen molar-refractivity contribution in [2.75, 3.05) is 12.4 Å². The van der Waals surface area contributed by atoms with E-state index in [0.29, 0.717) is 23.3 Å². The zero-order valence-electron chi connectivity index (χ0n) is 12.7. The highest BCUT2D eigenvalue weighted by molar-refractivity contribution is 7.99. The Labute approximate surface area is 137 Å². The first-order valence-electron chi connectivity index (χ1n) is 7.19. The summed E-state index contributed by atoms with van der Waals surface area (Å²) in [4.78, 5) is 28.8. The summed E-state index contributed by atoms with van der Waals surface area (Å²) in [6.07, 6.45) is 1.69. The zero-order chi connectivity index (χ0) is 16.7. The second-order valence-electron chi connectivity index (χ2n) is 4.74. The summed E-state index contributed by atoms with van der Waals surface area (Å²) in [7, 11) is 0. The van der Waals surface area contributed by atoms with Gasteiger partial charge in [0.15, 0.2) is 5.16 Å². The van der Waals surface area contributed by atoms with E-state index < -0.39 is 4.92 Å². The van der Waals surface area contributed by atoms with E-state index in [9.17, 15) is 14.9 Å². The molecular formula is C15H17N3O4S. The van der Waals surface area contributed by atoms with Gasteiger partial charge < -0.3 is 9.72 Å². The van der Waals surface area contributed by atoms with Crippen molar-refractivity contribution in [1.29, 1.82) is 0 Å². The van der Waals surface area contributed by atoms with Gasteiger partial charge in [0.05, 0.1) is 17.6 Å². The average Bonchev–Trinajstić information content (AvgIpc) is 2.52. The Morgan fingerprint density at radius 2 is 2.22 bits per heavy atom. The van der Waals surface area contributed by atoms with Crippen LogP contribution < -0.4 is 10.3 Å². The van der Waals surface area contributed by atoms with Crippen molar-refractivity contribution in [3.8, 4) is 5.75 Å². The molecule has 122 valence electrons. The summed E-state index contributed by atoms with van der Waals surface area (Å²) in [6, 6.07) is 7.54. The van der Waals surface area contributed by atoms with Crippen LogP contribution in [-0.2, 0) is 6.42 Å². The van der Waals surface area contributed by atoms with E-state index in [1.807, 2.05) is 6.92 Å². The van der Waals surface area contributed by atoms with Crippen LogP contribution >= 0.6 is 11.8 Å². The van der Waals surface area contributed by atoms with Gasteiger partial charge in [0, 0.05) is 23.6 Å². The number of nitro benzene ring substituents is 1. The molecule has 1 aromatic heterocycles. The largest absolute Gasteiger partial charge is 0.492 e. The number of ether oxygens (including phenoxy) is 1. The van der Waals surface area contributed by atoms with Gasteiger partial charge in [0.1, 0.15) is 5.75 Å². The molecule has 2 aromatic rings. The van der Waals surface area contributed by atoms with Gasteiger partial charge in [-0.2, -0.15) is 0 Å². The lowest BCUT2D eigenvalue weighted by atomic mass is 10.2. The summed E-state index contributed by atoms with van der Waals surface area (Å²) in [5, 5.41) is 11.2. The Balaban J connectivity index is 1.87. The molecule has 1 aromatic carbocycles. The number of H-pyrrole nitrogens is 1. The number of non-ortho nitro benzene ring substituents is 1. The molecule has 0 radical (unpaired) electrons. The van der Waals surface area contributed by atoms with E-state index in [0.717, 1.165) is 18.5 Å². The second kappa shape index (κ2) is 8.33. The first kappa shape index (κ1) is 17.0. The summed E-state index contributed by atoms with van der Waals surface area (Å²) >= 11 is 1.38. The molecule has 1 N–H and O–H groups in total. The maximum atomic E-state index is 11.5. The Morgan fingerprint density at radius 3 is 2.96 bits per heavy atom. The smallest absolute Gasteiger partial charge is 0.273 e. The van der Waals surface area contributed by atoms with Gasteiger partial charge in [-0.3, -0.25) is 14.9 Å².